The molecule has 0 unspecified atom stereocenters. The topological polar surface area (TPSA) is 63.4 Å². The van der Waals surface area contributed by atoms with Gasteiger partial charge in [-0.05, 0) is 29.8 Å². The van der Waals surface area contributed by atoms with Gasteiger partial charge in [0.2, 0.25) is 0 Å². The average Bonchev–Trinajstić information content (AvgIpc) is 3.36. The lowest BCUT2D eigenvalue weighted by atomic mass is 10.2. The number of aromatic nitrogens is 2. The average molecular weight is 400 g/mol. The second kappa shape index (κ2) is 8.30. The fraction of sp³-hybridized carbons (Fsp3) is 0.300. The molecule has 1 aliphatic rings. The molecule has 2 atom stereocenters. The molecule has 2 heterocycles. The summed E-state index contributed by atoms with van der Waals surface area (Å²) in [5.74, 6) is 0.470. The fourth-order valence-corrected chi connectivity index (χ4v) is 3.71. The second-order valence-corrected chi connectivity index (χ2v) is 7.67. The van der Waals surface area contributed by atoms with Crippen LogP contribution in [0.25, 0.3) is 11.5 Å². The molecular formula is C20H21FN4O2S. The SMILES string of the molecule is CN(C)c1ccc([C@@H]2NC[C@@H](CSc3nnc(-c4ccccc4F)o3)O2)cc1. The molecule has 0 aliphatic carbocycles. The van der Waals surface area contributed by atoms with E-state index < -0.39 is 0 Å². The van der Waals surface area contributed by atoms with Crippen LogP contribution in [0.15, 0.2) is 58.2 Å². The first kappa shape index (κ1) is 18.9. The largest absolute Gasteiger partial charge is 0.411 e. The molecule has 28 heavy (non-hydrogen) atoms. The maximum atomic E-state index is 13.8. The van der Waals surface area contributed by atoms with Gasteiger partial charge in [-0.15, -0.1) is 10.2 Å². The number of benzene rings is 2. The number of nitrogens with zero attached hydrogens (tertiary/aromatic N) is 3. The van der Waals surface area contributed by atoms with Gasteiger partial charge in [0.25, 0.3) is 11.1 Å². The van der Waals surface area contributed by atoms with Crippen LogP contribution < -0.4 is 10.2 Å². The Morgan fingerprint density at radius 1 is 1.14 bits per heavy atom. The van der Waals surface area contributed by atoms with E-state index in [2.05, 4.69) is 44.7 Å². The van der Waals surface area contributed by atoms with Gasteiger partial charge in [0.1, 0.15) is 12.0 Å². The zero-order chi connectivity index (χ0) is 19.5. The summed E-state index contributed by atoms with van der Waals surface area (Å²) in [6, 6.07) is 14.6. The summed E-state index contributed by atoms with van der Waals surface area (Å²) >= 11 is 1.41. The van der Waals surface area contributed by atoms with Gasteiger partial charge in [-0.3, -0.25) is 5.32 Å². The van der Waals surface area contributed by atoms with E-state index in [0.29, 0.717) is 16.5 Å². The van der Waals surface area contributed by atoms with Crippen molar-refractivity contribution in [3.63, 3.8) is 0 Å². The van der Waals surface area contributed by atoms with Crippen molar-refractivity contribution in [3.05, 3.63) is 59.9 Å². The molecule has 1 aromatic heterocycles. The predicted octanol–water partition coefficient (Wildman–Crippen LogP) is 3.72. The van der Waals surface area contributed by atoms with Crippen molar-refractivity contribution in [1.29, 1.82) is 0 Å². The maximum absolute atomic E-state index is 13.8. The highest BCUT2D eigenvalue weighted by atomic mass is 32.2. The third-order valence-corrected chi connectivity index (χ3v) is 5.43. The van der Waals surface area contributed by atoms with E-state index in [0.717, 1.165) is 17.8 Å². The zero-order valence-electron chi connectivity index (χ0n) is 15.6. The Morgan fingerprint density at radius 3 is 2.68 bits per heavy atom. The Bertz CT molecular complexity index is 932. The van der Waals surface area contributed by atoms with Gasteiger partial charge in [0, 0.05) is 32.1 Å². The Hall–Kier alpha value is -2.42. The molecule has 2 aromatic carbocycles. The molecule has 1 aliphatic heterocycles. The fourth-order valence-electron chi connectivity index (χ4n) is 2.94. The van der Waals surface area contributed by atoms with Gasteiger partial charge in [0.05, 0.1) is 11.7 Å². The van der Waals surface area contributed by atoms with Crippen LogP contribution in [0.5, 0.6) is 0 Å². The lowest BCUT2D eigenvalue weighted by Crippen LogP contribution is -2.16. The van der Waals surface area contributed by atoms with Crippen LogP contribution in [0.2, 0.25) is 0 Å². The molecule has 0 bridgehead atoms. The van der Waals surface area contributed by atoms with Crippen molar-refractivity contribution in [3.8, 4) is 11.5 Å². The standard InChI is InChI=1S/C20H21FN4O2S/c1-25(2)14-9-7-13(8-10-14)18-22-11-15(26-18)12-28-20-24-23-19(27-20)16-5-3-4-6-17(16)21/h3-10,15,18,22H,11-12H2,1-2H3/t15-,18+/m0/s1. The van der Waals surface area contributed by atoms with Crippen molar-refractivity contribution < 1.29 is 13.5 Å². The summed E-state index contributed by atoms with van der Waals surface area (Å²) in [4.78, 5) is 2.06. The van der Waals surface area contributed by atoms with Crippen LogP contribution in [0.1, 0.15) is 11.8 Å². The minimum atomic E-state index is -0.380. The number of hydrogen-bond donors (Lipinski definition) is 1. The number of halogens is 1. The summed E-state index contributed by atoms with van der Waals surface area (Å²) in [7, 11) is 4.03. The molecule has 0 radical (unpaired) electrons. The van der Waals surface area contributed by atoms with Crippen LogP contribution in [0.4, 0.5) is 10.1 Å². The Kier molecular flexibility index (Phi) is 5.61. The monoisotopic (exact) mass is 400 g/mol. The summed E-state index contributed by atoms with van der Waals surface area (Å²) < 4.78 is 25.5. The lowest BCUT2D eigenvalue weighted by molar-refractivity contribution is 0.0534. The quantitative estimate of drug-likeness (QED) is 0.633. The Labute approximate surface area is 167 Å². The van der Waals surface area contributed by atoms with Crippen LogP contribution >= 0.6 is 11.8 Å². The first-order valence-electron chi connectivity index (χ1n) is 8.97. The number of hydrogen-bond acceptors (Lipinski definition) is 7. The molecule has 1 saturated heterocycles. The zero-order valence-corrected chi connectivity index (χ0v) is 16.4. The third-order valence-electron chi connectivity index (χ3n) is 4.48. The number of nitrogens with one attached hydrogen (secondary N) is 1. The highest BCUT2D eigenvalue weighted by Crippen LogP contribution is 2.29. The van der Waals surface area contributed by atoms with Gasteiger partial charge in [0.15, 0.2) is 0 Å². The molecule has 3 aromatic rings. The highest BCUT2D eigenvalue weighted by molar-refractivity contribution is 7.99. The molecule has 8 heteroatoms. The van der Waals surface area contributed by atoms with E-state index in [1.165, 1.54) is 17.8 Å². The van der Waals surface area contributed by atoms with Crippen LogP contribution in [-0.2, 0) is 4.74 Å². The van der Waals surface area contributed by atoms with Crippen molar-refractivity contribution >= 4 is 17.4 Å². The van der Waals surface area contributed by atoms with Crippen molar-refractivity contribution in [2.45, 2.75) is 17.6 Å². The number of thioether (sulfide) groups is 1. The number of anilines is 1. The first-order chi connectivity index (χ1) is 13.6. The van der Waals surface area contributed by atoms with E-state index in [1.807, 2.05) is 14.1 Å². The molecule has 1 fully saturated rings. The maximum Gasteiger partial charge on any atom is 0.276 e. The van der Waals surface area contributed by atoms with E-state index in [-0.39, 0.29) is 24.0 Å². The van der Waals surface area contributed by atoms with E-state index >= 15 is 0 Å². The first-order valence-corrected chi connectivity index (χ1v) is 9.96. The van der Waals surface area contributed by atoms with Crippen molar-refractivity contribution in [1.82, 2.24) is 15.5 Å². The van der Waals surface area contributed by atoms with Gasteiger partial charge < -0.3 is 14.1 Å². The molecule has 1 N–H and O–H groups in total. The summed E-state index contributed by atoms with van der Waals surface area (Å²) in [5.41, 5.74) is 2.55. The summed E-state index contributed by atoms with van der Waals surface area (Å²) in [5, 5.41) is 11.7. The van der Waals surface area contributed by atoms with Gasteiger partial charge in [-0.1, -0.05) is 36.0 Å². The molecule has 4 rings (SSSR count). The van der Waals surface area contributed by atoms with Gasteiger partial charge in [-0.25, -0.2) is 4.39 Å². The minimum absolute atomic E-state index is 0.0207. The molecule has 0 spiro atoms. The minimum Gasteiger partial charge on any atom is -0.411 e. The van der Waals surface area contributed by atoms with Crippen molar-refractivity contribution in [2.24, 2.45) is 0 Å². The van der Waals surface area contributed by atoms with Crippen LogP contribution in [-0.4, -0.2) is 42.7 Å². The second-order valence-electron chi connectivity index (χ2n) is 6.70. The van der Waals surface area contributed by atoms with Gasteiger partial charge >= 0.3 is 0 Å². The number of rotatable bonds is 6. The summed E-state index contributed by atoms with van der Waals surface area (Å²) in [6.45, 7) is 0.738. The third kappa shape index (κ3) is 4.19. The smallest absolute Gasteiger partial charge is 0.276 e. The van der Waals surface area contributed by atoms with E-state index in [1.54, 1.807) is 18.2 Å². The Balaban J connectivity index is 1.32. The van der Waals surface area contributed by atoms with E-state index in [4.69, 9.17) is 9.15 Å². The molecular weight excluding hydrogens is 379 g/mol. The number of ether oxygens (including phenoxy) is 1. The van der Waals surface area contributed by atoms with Crippen LogP contribution in [0, 0.1) is 5.82 Å². The molecule has 6 nitrogen and oxygen atoms in total. The molecule has 0 amide bonds. The lowest BCUT2D eigenvalue weighted by Gasteiger charge is -2.16. The predicted molar refractivity (Wildman–Crippen MR) is 107 cm³/mol. The van der Waals surface area contributed by atoms with Crippen molar-refractivity contribution in [2.75, 3.05) is 31.3 Å². The van der Waals surface area contributed by atoms with E-state index in [9.17, 15) is 4.39 Å². The Morgan fingerprint density at radius 2 is 1.93 bits per heavy atom. The molecule has 0 saturated carbocycles. The normalized spacial score (nSPS) is 19.1. The summed E-state index contributed by atoms with van der Waals surface area (Å²) in [6.07, 6.45) is -0.106. The highest BCUT2D eigenvalue weighted by Gasteiger charge is 2.26. The molecule has 146 valence electrons. The van der Waals surface area contributed by atoms with Crippen LogP contribution in [0.3, 0.4) is 0 Å². The van der Waals surface area contributed by atoms with Gasteiger partial charge in [-0.2, -0.15) is 0 Å².